The summed E-state index contributed by atoms with van der Waals surface area (Å²) < 4.78 is 13.3. The van der Waals surface area contributed by atoms with Gasteiger partial charge in [-0.05, 0) is 17.7 Å². The largest absolute Gasteiger partial charge is 0.486 e. The molecule has 5 heteroatoms. The highest BCUT2D eigenvalue weighted by molar-refractivity contribution is 5.44. The molecule has 1 atom stereocenters. The van der Waals surface area contributed by atoms with Crippen LogP contribution in [-0.2, 0) is 6.54 Å². The van der Waals surface area contributed by atoms with E-state index in [1.54, 1.807) is 0 Å². The Balaban J connectivity index is 1.79. The van der Waals surface area contributed by atoms with E-state index in [-0.39, 0.29) is 6.04 Å². The SMILES string of the molecule is CC(C)c1nccn1CC(N)c1ccc2c(c1)OCCO2. The summed E-state index contributed by atoms with van der Waals surface area (Å²) in [6, 6.07) is 5.81. The van der Waals surface area contributed by atoms with Crippen LogP contribution < -0.4 is 15.2 Å². The first-order chi connectivity index (χ1) is 10.1. The Labute approximate surface area is 124 Å². The van der Waals surface area contributed by atoms with Gasteiger partial charge in [-0.25, -0.2) is 4.98 Å². The van der Waals surface area contributed by atoms with Crippen molar-refractivity contribution < 1.29 is 9.47 Å². The summed E-state index contributed by atoms with van der Waals surface area (Å²) in [7, 11) is 0. The lowest BCUT2D eigenvalue weighted by molar-refractivity contribution is 0.171. The predicted molar refractivity (Wildman–Crippen MR) is 80.7 cm³/mol. The maximum absolute atomic E-state index is 6.34. The van der Waals surface area contributed by atoms with Crippen molar-refractivity contribution in [2.24, 2.45) is 5.73 Å². The molecule has 1 aliphatic rings. The predicted octanol–water partition coefficient (Wildman–Crippen LogP) is 2.48. The third-order valence-electron chi connectivity index (χ3n) is 3.65. The van der Waals surface area contributed by atoms with Crippen LogP contribution in [-0.4, -0.2) is 22.8 Å². The Morgan fingerprint density at radius 2 is 2.00 bits per heavy atom. The van der Waals surface area contributed by atoms with Crippen LogP contribution in [0.5, 0.6) is 11.5 Å². The molecule has 0 aliphatic carbocycles. The first-order valence-electron chi connectivity index (χ1n) is 7.31. The molecule has 1 aliphatic heterocycles. The zero-order valence-electron chi connectivity index (χ0n) is 12.5. The van der Waals surface area contributed by atoms with Gasteiger partial charge in [-0.3, -0.25) is 0 Å². The summed E-state index contributed by atoms with van der Waals surface area (Å²) in [5.41, 5.74) is 7.39. The number of imidazole rings is 1. The van der Waals surface area contributed by atoms with Gasteiger partial charge in [-0.15, -0.1) is 0 Å². The molecule has 0 fully saturated rings. The van der Waals surface area contributed by atoms with Crippen LogP contribution in [0.15, 0.2) is 30.6 Å². The summed E-state index contributed by atoms with van der Waals surface area (Å²) in [5.74, 6) is 3.02. The van der Waals surface area contributed by atoms with Gasteiger partial charge in [0, 0.05) is 30.9 Å². The molecule has 21 heavy (non-hydrogen) atoms. The zero-order chi connectivity index (χ0) is 14.8. The maximum Gasteiger partial charge on any atom is 0.161 e. The quantitative estimate of drug-likeness (QED) is 0.938. The minimum absolute atomic E-state index is 0.104. The normalized spacial score (nSPS) is 15.2. The molecule has 112 valence electrons. The van der Waals surface area contributed by atoms with E-state index in [2.05, 4.69) is 23.4 Å². The molecule has 0 saturated carbocycles. The zero-order valence-corrected chi connectivity index (χ0v) is 12.5. The summed E-state index contributed by atoms with van der Waals surface area (Å²) in [5, 5.41) is 0. The Hall–Kier alpha value is -2.01. The molecular formula is C16H21N3O2. The molecular weight excluding hydrogens is 266 g/mol. The fraction of sp³-hybridized carbons (Fsp3) is 0.438. The van der Waals surface area contributed by atoms with Crippen LogP contribution in [0.4, 0.5) is 0 Å². The van der Waals surface area contributed by atoms with Crippen LogP contribution in [0.2, 0.25) is 0 Å². The van der Waals surface area contributed by atoms with Gasteiger partial charge in [0.25, 0.3) is 0 Å². The van der Waals surface area contributed by atoms with Crippen molar-refractivity contribution >= 4 is 0 Å². The minimum atomic E-state index is -0.104. The summed E-state index contributed by atoms with van der Waals surface area (Å²) in [4.78, 5) is 4.40. The summed E-state index contributed by atoms with van der Waals surface area (Å²) in [6.07, 6.45) is 3.80. The van der Waals surface area contributed by atoms with Gasteiger partial charge >= 0.3 is 0 Å². The number of fused-ring (bicyclic) bond motifs is 1. The molecule has 2 aromatic rings. The van der Waals surface area contributed by atoms with Crippen molar-refractivity contribution in [2.75, 3.05) is 13.2 Å². The minimum Gasteiger partial charge on any atom is -0.486 e. The van der Waals surface area contributed by atoms with E-state index in [1.165, 1.54) is 0 Å². The van der Waals surface area contributed by atoms with Crippen LogP contribution in [0.1, 0.15) is 37.2 Å². The Kier molecular flexibility index (Phi) is 3.84. The Morgan fingerprint density at radius 3 is 2.76 bits per heavy atom. The van der Waals surface area contributed by atoms with Gasteiger partial charge in [-0.2, -0.15) is 0 Å². The van der Waals surface area contributed by atoms with Gasteiger partial charge in [0.1, 0.15) is 19.0 Å². The number of hydrogen-bond acceptors (Lipinski definition) is 4. The second-order valence-corrected chi connectivity index (χ2v) is 5.60. The fourth-order valence-corrected chi connectivity index (χ4v) is 2.58. The third-order valence-corrected chi connectivity index (χ3v) is 3.65. The average Bonchev–Trinajstić information content (AvgIpc) is 2.95. The lowest BCUT2D eigenvalue weighted by atomic mass is 10.1. The summed E-state index contributed by atoms with van der Waals surface area (Å²) >= 11 is 0. The van der Waals surface area contributed by atoms with E-state index in [1.807, 2.05) is 30.6 Å². The number of benzene rings is 1. The highest BCUT2D eigenvalue weighted by Gasteiger charge is 2.16. The molecule has 0 radical (unpaired) electrons. The second kappa shape index (κ2) is 5.77. The highest BCUT2D eigenvalue weighted by atomic mass is 16.6. The summed E-state index contributed by atoms with van der Waals surface area (Å²) in [6.45, 7) is 6.16. The lowest BCUT2D eigenvalue weighted by Crippen LogP contribution is -2.20. The average molecular weight is 287 g/mol. The van der Waals surface area contributed by atoms with Crippen molar-refractivity contribution in [2.45, 2.75) is 32.4 Å². The molecule has 2 N–H and O–H groups in total. The van der Waals surface area contributed by atoms with E-state index in [9.17, 15) is 0 Å². The monoisotopic (exact) mass is 287 g/mol. The van der Waals surface area contributed by atoms with Gasteiger partial charge in [0.05, 0.1) is 0 Å². The van der Waals surface area contributed by atoms with Crippen LogP contribution in [0, 0.1) is 0 Å². The highest BCUT2D eigenvalue weighted by Crippen LogP contribution is 2.32. The van der Waals surface area contributed by atoms with E-state index in [0.717, 1.165) is 22.9 Å². The topological polar surface area (TPSA) is 62.3 Å². The number of ether oxygens (including phenoxy) is 2. The Morgan fingerprint density at radius 1 is 1.24 bits per heavy atom. The van der Waals surface area contributed by atoms with Crippen LogP contribution >= 0.6 is 0 Å². The molecule has 1 aromatic heterocycles. The first-order valence-corrected chi connectivity index (χ1v) is 7.31. The second-order valence-electron chi connectivity index (χ2n) is 5.60. The number of nitrogens with zero attached hydrogens (tertiary/aromatic N) is 2. The molecule has 3 rings (SSSR count). The number of nitrogens with two attached hydrogens (primary N) is 1. The van der Waals surface area contributed by atoms with Gasteiger partial charge in [0.15, 0.2) is 11.5 Å². The van der Waals surface area contributed by atoms with Gasteiger partial charge < -0.3 is 19.8 Å². The van der Waals surface area contributed by atoms with Crippen molar-refractivity contribution in [3.63, 3.8) is 0 Å². The molecule has 0 saturated heterocycles. The molecule has 1 aromatic carbocycles. The molecule has 0 amide bonds. The molecule has 2 heterocycles. The number of hydrogen-bond donors (Lipinski definition) is 1. The molecule has 1 unspecified atom stereocenters. The van der Waals surface area contributed by atoms with E-state index in [0.29, 0.717) is 25.7 Å². The lowest BCUT2D eigenvalue weighted by Gasteiger charge is -2.21. The van der Waals surface area contributed by atoms with E-state index >= 15 is 0 Å². The maximum atomic E-state index is 6.34. The van der Waals surface area contributed by atoms with Gasteiger partial charge in [-0.1, -0.05) is 19.9 Å². The van der Waals surface area contributed by atoms with Crippen LogP contribution in [0.3, 0.4) is 0 Å². The third kappa shape index (κ3) is 2.88. The van der Waals surface area contributed by atoms with Crippen molar-refractivity contribution in [3.05, 3.63) is 42.0 Å². The molecule has 5 nitrogen and oxygen atoms in total. The van der Waals surface area contributed by atoms with Crippen molar-refractivity contribution in [1.29, 1.82) is 0 Å². The van der Waals surface area contributed by atoms with Crippen LogP contribution in [0.25, 0.3) is 0 Å². The van der Waals surface area contributed by atoms with Crippen molar-refractivity contribution in [3.8, 4) is 11.5 Å². The first kappa shape index (κ1) is 13.9. The van der Waals surface area contributed by atoms with Crippen molar-refractivity contribution in [1.82, 2.24) is 9.55 Å². The molecule has 0 spiro atoms. The van der Waals surface area contributed by atoms with E-state index in [4.69, 9.17) is 15.2 Å². The van der Waals surface area contributed by atoms with E-state index < -0.39 is 0 Å². The smallest absolute Gasteiger partial charge is 0.161 e. The molecule has 0 bridgehead atoms. The standard InChI is InChI=1S/C16H21N3O2/c1-11(2)16-18-5-6-19(16)10-13(17)12-3-4-14-15(9-12)21-8-7-20-14/h3-6,9,11,13H,7-8,10,17H2,1-2H3. The number of rotatable bonds is 4. The van der Waals surface area contributed by atoms with Gasteiger partial charge in [0.2, 0.25) is 0 Å². The fourth-order valence-electron chi connectivity index (χ4n) is 2.58. The number of aromatic nitrogens is 2. The Bertz CT molecular complexity index is 622.